The van der Waals surface area contributed by atoms with E-state index in [-0.39, 0.29) is 41.4 Å². The summed E-state index contributed by atoms with van der Waals surface area (Å²) in [5.74, 6) is -0.355. The molecule has 0 aliphatic carbocycles. The molecule has 7 nitrogen and oxygen atoms in total. The van der Waals surface area contributed by atoms with Crippen molar-refractivity contribution in [1.29, 1.82) is 0 Å². The van der Waals surface area contributed by atoms with E-state index in [0.717, 1.165) is 11.3 Å². The molecule has 2 aromatic rings. The first-order valence-corrected chi connectivity index (χ1v) is 8.45. The van der Waals surface area contributed by atoms with Gasteiger partial charge in [-0.3, -0.25) is 19.8 Å². The van der Waals surface area contributed by atoms with Gasteiger partial charge in [-0.15, -0.1) is 0 Å². The van der Waals surface area contributed by atoms with Crippen LogP contribution in [0.1, 0.15) is 15.9 Å². The monoisotopic (exact) mass is 375 g/mol. The van der Waals surface area contributed by atoms with Crippen LogP contribution in [-0.2, 0) is 6.54 Å². The molecule has 0 aromatic heterocycles. The topological polar surface area (TPSA) is 86.9 Å². The summed E-state index contributed by atoms with van der Waals surface area (Å²) in [5, 5.41) is 20.6. The van der Waals surface area contributed by atoms with Crippen LogP contribution in [-0.4, -0.2) is 47.1 Å². The standard InChI is InChI=1S/C18H18ClN3O4/c1-20-9-12-4-2-3-5-17(12)21(10-14(20)11-23)18(24)15-7-6-13(22(25)26)8-16(15)19/h2-8,14,23H,9-11H2,1H3. The lowest BCUT2D eigenvalue weighted by Crippen LogP contribution is -2.44. The van der Waals surface area contributed by atoms with E-state index in [1.165, 1.54) is 18.2 Å². The number of non-ortho nitro benzene ring substituents is 1. The zero-order valence-electron chi connectivity index (χ0n) is 14.1. The lowest BCUT2D eigenvalue weighted by molar-refractivity contribution is -0.384. The quantitative estimate of drug-likeness (QED) is 0.658. The second kappa shape index (κ2) is 7.41. The zero-order valence-corrected chi connectivity index (χ0v) is 14.9. The van der Waals surface area contributed by atoms with Crippen molar-refractivity contribution in [1.82, 2.24) is 4.90 Å². The van der Waals surface area contributed by atoms with Crippen LogP contribution < -0.4 is 4.90 Å². The Balaban J connectivity index is 2.03. The second-order valence-electron chi connectivity index (χ2n) is 6.22. The Kier molecular flexibility index (Phi) is 5.22. The Labute approximate surface area is 155 Å². The number of halogens is 1. The van der Waals surface area contributed by atoms with Gasteiger partial charge in [-0.05, 0) is 24.7 Å². The van der Waals surface area contributed by atoms with Crippen LogP contribution in [0.2, 0.25) is 5.02 Å². The van der Waals surface area contributed by atoms with Gasteiger partial charge in [-0.2, -0.15) is 0 Å². The molecule has 0 saturated carbocycles. The first kappa shape index (κ1) is 18.3. The molecule has 136 valence electrons. The highest BCUT2D eigenvalue weighted by Gasteiger charge is 2.30. The summed E-state index contributed by atoms with van der Waals surface area (Å²) >= 11 is 6.14. The van der Waals surface area contributed by atoms with E-state index in [9.17, 15) is 20.0 Å². The number of nitro benzene ring substituents is 1. The minimum Gasteiger partial charge on any atom is -0.395 e. The minimum atomic E-state index is -0.557. The number of nitro groups is 1. The number of amides is 1. The summed E-state index contributed by atoms with van der Waals surface area (Å²) < 4.78 is 0. The Morgan fingerprint density at radius 3 is 2.73 bits per heavy atom. The summed E-state index contributed by atoms with van der Waals surface area (Å²) in [5.41, 5.74) is 1.72. The number of anilines is 1. The summed E-state index contributed by atoms with van der Waals surface area (Å²) in [6.07, 6.45) is 0. The number of hydrogen-bond donors (Lipinski definition) is 1. The molecule has 0 bridgehead atoms. The van der Waals surface area contributed by atoms with Crippen molar-refractivity contribution < 1.29 is 14.8 Å². The number of rotatable bonds is 3. The number of aliphatic hydroxyl groups excluding tert-OH is 1. The smallest absolute Gasteiger partial charge is 0.270 e. The lowest BCUT2D eigenvalue weighted by Gasteiger charge is -2.28. The molecule has 1 heterocycles. The van der Waals surface area contributed by atoms with E-state index >= 15 is 0 Å². The van der Waals surface area contributed by atoms with Crippen molar-refractivity contribution in [3.63, 3.8) is 0 Å². The van der Waals surface area contributed by atoms with Gasteiger partial charge in [-0.25, -0.2) is 0 Å². The Morgan fingerprint density at radius 1 is 1.35 bits per heavy atom. The normalized spacial score (nSPS) is 17.5. The molecule has 1 unspecified atom stereocenters. The van der Waals surface area contributed by atoms with Crippen molar-refractivity contribution in [2.75, 3.05) is 25.1 Å². The SMILES string of the molecule is CN1Cc2ccccc2N(C(=O)c2ccc([N+](=O)[O-])cc2Cl)CC1CO. The fourth-order valence-corrected chi connectivity index (χ4v) is 3.34. The first-order valence-electron chi connectivity index (χ1n) is 8.07. The van der Waals surface area contributed by atoms with E-state index < -0.39 is 4.92 Å². The number of aliphatic hydroxyl groups is 1. The maximum Gasteiger partial charge on any atom is 0.270 e. The molecular weight excluding hydrogens is 358 g/mol. The van der Waals surface area contributed by atoms with Crippen LogP contribution in [0.5, 0.6) is 0 Å². The third-order valence-corrected chi connectivity index (χ3v) is 4.88. The number of fused-ring (bicyclic) bond motifs is 1. The molecule has 26 heavy (non-hydrogen) atoms. The van der Waals surface area contributed by atoms with Crippen LogP contribution in [0.25, 0.3) is 0 Å². The second-order valence-corrected chi connectivity index (χ2v) is 6.62. The van der Waals surface area contributed by atoms with Gasteiger partial charge in [0, 0.05) is 30.9 Å². The minimum absolute atomic E-state index is 0.0276. The maximum atomic E-state index is 13.2. The van der Waals surface area contributed by atoms with Gasteiger partial charge in [-0.1, -0.05) is 29.8 Å². The molecule has 0 radical (unpaired) electrons. The fourth-order valence-electron chi connectivity index (χ4n) is 3.08. The van der Waals surface area contributed by atoms with Crippen molar-refractivity contribution in [3.8, 4) is 0 Å². The molecule has 3 rings (SSSR count). The molecule has 1 aliphatic heterocycles. The first-order chi connectivity index (χ1) is 12.4. The van der Waals surface area contributed by atoms with Crippen LogP contribution in [0.3, 0.4) is 0 Å². The van der Waals surface area contributed by atoms with Gasteiger partial charge in [0.1, 0.15) is 0 Å². The number of carbonyl (C=O) groups excluding carboxylic acids is 1. The number of para-hydroxylation sites is 1. The van der Waals surface area contributed by atoms with Crippen molar-refractivity contribution in [2.24, 2.45) is 0 Å². The van der Waals surface area contributed by atoms with Crippen LogP contribution in [0.15, 0.2) is 42.5 Å². The van der Waals surface area contributed by atoms with Gasteiger partial charge in [0.15, 0.2) is 0 Å². The highest BCUT2D eigenvalue weighted by Crippen LogP contribution is 2.30. The van der Waals surface area contributed by atoms with E-state index in [4.69, 9.17) is 11.6 Å². The number of nitrogens with zero attached hydrogens (tertiary/aromatic N) is 3. The average Bonchev–Trinajstić information content (AvgIpc) is 2.76. The van der Waals surface area contributed by atoms with Crippen molar-refractivity contribution in [3.05, 3.63) is 68.7 Å². The summed E-state index contributed by atoms with van der Waals surface area (Å²) in [6.45, 7) is 0.789. The number of benzene rings is 2. The van der Waals surface area contributed by atoms with Crippen LogP contribution in [0, 0.1) is 10.1 Å². The molecule has 1 atom stereocenters. The Morgan fingerprint density at radius 2 is 2.08 bits per heavy atom. The molecule has 1 amide bonds. The maximum absolute atomic E-state index is 13.2. The fraction of sp³-hybridized carbons (Fsp3) is 0.278. The number of hydrogen-bond acceptors (Lipinski definition) is 5. The summed E-state index contributed by atoms with van der Waals surface area (Å²) in [6, 6.07) is 11.1. The lowest BCUT2D eigenvalue weighted by atomic mass is 10.1. The highest BCUT2D eigenvalue weighted by molar-refractivity contribution is 6.34. The molecule has 1 N–H and O–H groups in total. The summed E-state index contributed by atoms with van der Waals surface area (Å²) in [4.78, 5) is 27.0. The number of carbonyl (C=O) groups is 1. The molecule has 0 spiro atoms. The molecule has 0 fully saturated rings. The van der Waals surface area contributed by atoms with Gasteiger partial charge < -0.3 is 10.0 Å². The van der Waals surface area contributed by atoms with Crippen molar-refractivity contribution >= 4 is 28.9 Å². The molecule has 0 saturated heterocycles. The van der Waals surface area contributed by atoms with Gasteiger partial charge in [0.2, 0.25) is 0 Å². The van der Waals surface area contributed by atoms with Gasteiger partial charge in [0.25, 0.3) is 11.6 Å². The van der Waals surface area contributed by atoms with Crippen LogP contribution >= 0.6 is 11.6 Å². The number of likely N-dealkylation sites (N-methyl/N-ethyl adjacent to an activating group) is 1. The summed E-state index contributed by atoms with van der Waals surface area (Å²) in [7, 11) is 1.89. The zero-order chi connectivity index (χ0) is 18.8. The molecular formula is C18H18ClN3O4. The third-order valence-electron chi connectivity index (χ3n) is 4.57. The van der Waals surface area contributed by atoms with E-state index in [2.05, 4.69) is 0 Å². The van der Waals surface area contributed by atoms with Gasteiger partial charge >= 0.3 is 0 Å². The van der Waals surface area contributed by atoms with E-state index in [1.54, 1.807) is 4.90 Å². The van der Waals surface area contributed by atoms with E-state index in [0.29, 0.717) is 6.54 Å². The molecule has 8 heteroatoms. The predicted octanol–water partition coefficient (Wildman–Crippen LogP) is 2.70. The van der Waals surface area contributed by atoms with Crippen molar-refractivity contribution in [2.45, 2.75) is 12.6 Å². The predicted molar refractivity (Wildman–Crippen MR) is 98.6 cm³/mol. The molecule has 2 aromatic carbocycles. The molecule has 1 aliphatic rings. The van der Waals surface area contributed by atoms with Crippen LogP contribution in [0.4, 0.5) is 11.4 Å². The Hall–Kier alpha value is -2.48. The highest BCUT2D eigenvalue weighted by atomic mass is 35.5. The Bertz CT molecular complexity index is 858. The average molecular weight is 376 g/mol. The van der Waals surface area contributed by atoms with E-state index in [1.807, 2.05) is 36.2 Å². The third kappa shape index (κ3) is 3.41. The largest absolute Gasteiger partial charge is 0.395 e. The van der Waals surface area contributed by atoms with Gasteiger partial charge in [0.05, 0.1) is 28.2 Å².